The molecule has 0 aliphatic carbocycles. The molecule has 19 heavy (non-hydrogen) atoms. The molecule has 0 bridgehead atoms. The number of rotatable bonds is 2. The van der Waals surface area contributed by atoms with E-state index in [1.165, 1.54) is 11.3 Å². The van der Waals surface area contributed by atoms with Crippen molar-refractivity contribution in [3.05, 3.63) is 29.8 Å². The van der Waals surface area contributed by atoms with Crippen LogP contribution in [0.25, 0.3) is 0 Å². The predicted octanol–water partition coefficient (Wildman–Crippen LogP) is 2.77. The molecule has 0 unspecified atom stereocenters. The maximum absolute atomic E-state index is 12.0. The van der Waals surface area contributed by atoms with Gasteiger partial charge in [0.15, 0.2) is 0 Å². The standard InChI is InChI=1S/C16H22N2O/c1-2-5-15(19)18-10-8-16(9-11-18)12-17-14-7-4-3-6-13(14)16/h3-4,6-7,17H,2,5,8-12H2,1H3. The zero-order valence-corrected chi connectivity index (χ0v) is 11.6. The summed E-state index contributed by atoms with van der Waals surface area (Å²) < 4.78 is 0. The molecule has 1 aromatic carbocycles. The number of amides is 1. The average Bonchev–Trinajstić information content (AvgIpc) is 2.80. The Bertz CT molecular complexity index is 475. The molecule has 1 fully saturated rings. The molecule has 1 N–H and O–H groups in total. The van der Waals surface area contributed by atoms with Gasteiger partial charge in [0.25, 0.3) is 0 Å². The normalized spacial score (nSPS) is 20.2. The molecule has 0 atom stereocenters. The molecule has 3 nitrogen and oxygen atoms in total. The van der Waals surface area contributed by atoms with Crippen LogP contribution in [0.3, 0.4) is 0 Å². The van der Waals surface area contributed by atoms with Crippen molar-refractivity contribution in [2.75, 3.05) is 25.0 Å². The summed E-state index contributed by atoms with van der Waals surface area (Å²) in [5.41, 5.74) is 3.01. The molecule has 1 saturated heterocycles. The molecule has 0 radical (unpaired) electrons. The fourth-order valence-corrected chi connectivity index (χ4v) is 3.46. The van der Waals surface area contributed by atoms with Crippen LogP contribution in [0.5, 0.6) is 0 Å². The number of carbonyl (C=O) groups is 1. The van der Waals surface area contributed by atoms with E-state index in [1.54, 1.807) is 0 Å². The van der Waals surface area contributed by atoms with Crippen molar-refractivity contribution in [3.63, 3.8) is 0 Å². The first kappa shape index (κ1) is 12.5. The maximum atomic E-state index is 12.0. The Morgan fingerprint density at radius 2 is 2.05 bits per heavy atom. The lowest BCUT2D eigenvalue weighted by atomic mass is 9.74. The van der Waals surface area contributed by atoms with E-state index in [4.69, 9.17) is 0 Å². The van der Waals surface area contributed by atoms with Crippen LogP contribution in [0.1, 0.15) is 38.2 Å². The quantitative estimate of drug-likeness (QED) is 0.884. The summed E-state index contributed by atoms with van der Waals surface area (Å²) in [6.07, 6.45) is 3.83. The molecule has 1 amide bonds. The molecule has 3 rings (SSSR count). The number of carbonyl (C=O) groups excluding carboxylic acids is 1. The zero-order chi connectivity index (χ0) is 13.3. The van der Waals surface area contributed by atoms with Crippen LogP contribution in [0.4, 0.5) is 5.69 Å². The third-order valence-electron chi connectivity index (χ3n) is 4.65. The van der Waals surface area contributed by atoms with Gasteiger partial charge in [-0.15, -0.1) is 0 Å². The third-order valence-corrected chi connectivity index (χ3v) is 4.65. The Morgan fingerprint density at radius 1 is 1.32 bits per heavy atom. The number of benzene rings is 1. The largest absolute Gasteiger partial charge is 0.384 e. The van der Waals surface area contributed by atoms with Gasteiger partial charge < -0.3 is 10.2 Å². The minimum absolute atomic E-state index is 0.263. The molecular formula is C16H22N2O. The monoisotopic (exact) mass is 258 g/mol. The Morgan fingerprint density at radius 3 is 2.79 bits per heavy atom. The molecule has 2 aliphatic heterocycles. The highest BCUT2D eigenvalue weighted by Crippen LogP contribution is 2.43. The lowest BCUT2D eigenvalue weighted by molar-refractivity contribution is -0.132. The number of para-hydroxylation sites is 1. The van der Waals surface area contributed by atoms with Gasteiger partial charge >= 0.3 is 0 Å². The van der Waals surface area contributed by atoms with Crippen molar-refractivity contribution in [2.45, 2.75) is 38.0 Å². The van der Waals surface area contributed by atoms with Gasteiger partial charge in [0.2, 0.25) is 5.91 Å². The van der Waals surface area contributed by atoms with E-state index in [2.05, 4.69) is 41.4 Å². The number of fused-ring (bicyclic) bond motifs is 2. The SMILES string of the molecule is CCCC(=O)N1CCC2(CC1)CNc1ccccc12. The third kappa shape index (κ3) is 2.11. The number of hydrogen-bond acceptors (Lipinski definition) is 2. The second-order valence-electron chi connectivity index (χ2n) is 5.81. The van der Waals surface area contributed by atoms with Crippen molar-refractivity contribution in [1.82, 2.24) is 4.90 Å². The summed E-state index contributed by atoms with van der Waals surface area (Å²) in [5.74, 6) is 0.330. The number of nitrogens with zero attached hydrogens (tertiary/aromatic N) is 1. The first-order chi connectivity index (χ1) is 9.25. The van der Waals surface area contributed by atoms with Crippen LogP contribution in [-0.2, 0) is 10.2 Å². The fourth-order valence-electron chi connectivity index (χ4n) is 3.46. The highest BCUT2D eigenvalue weighted by atomic mass is 16.2. The predicted molar refractivity (Wildman–Crippen MR) is 77.3 cm³/mol. The summed E-state index contributed by atoms with van der Waals surface area (Å²) in [5, 5.41) is 3.53. The molecule has 102 valence electrons. The van der Waals surface area contributed by atoms with Gasteiger partial charge in [-0.05, 0) is 30.9 Å². The molecule has 1 aromatic rings. The summed E-state index contributed by atoms with van der Waals surface area (Å²) in [4.78, 5) is 14.0. The fraction of sp³-hybridized carbons (Fsp3) is 0.562. The molecule has 3 heteroatoms. The molecule has 1 spiro atoms. The van der Waals surface area contributed by atoms with Crippen LogP contribution in [0.2, 0.25) is 0 Å². The number of likely N-dealkylation sites (tertiary alicyclic amines) is 1. The highest BCUT2D eigenvalue weighted by Gasteiger charge is 2.41. The summed E-state index contributed by atoms with van der Waals surface area (Å²) in [6, 6.07) is 8.63. The maximum Gasteiger partial charge on any atom is 0.222 e. The molecule has 2 aliphatic rings. The average molecular weight is 258 g/mol. The topological polar surface area (TPSA) is 32.3 Å². The zero-order valence-electron chi connectivity index (χ0n) is 11.6. The van der Waals surface area contributed by atoms with Crippen molar-refractivity contribution < 1.29 is 4.79 Å². The van der Waals surface area contributed by atoms with E-state index in [0.29, 0.717) is 12.3 Å². The molecular weight excluding hydrogens is 236 g/mol. The number of nitrogens with one attached hydrogen (secondary N) is 1. The van der Waals surface area contributed by atoms with Crippen LogP contribution in [0.15, 0.2) is 24.3 Å². The van der Waals surface area contributed by atoms with Gasteiger partial charge in [0.05, 0.1) is 0 Å². The first-order valence-electron chi connectivity index (χ1n) is 7.36. The summed E-state index contributed by atoms with van der Waals surface area (Å²) in [7, 11) is 0. The Hall–Kier alpha value is -1.51. The second kappa shape index (κ2) is 4.87. The molecule has 2 heterocycles. The van der Waals surface area contributed by atoms with Crippen molar-refractivity contribution in [1.29, 1.82) is 0 Å². The number of hydrogen-bond donors (Lipinski definition) is 1. The highest BCUT2D eigenvalue weighted by molar-refractivity contribution is 5.76. The van der Waals surface area contributed by atoms with Crippen molar-refractivity contribution in [2.24, 2.45) is 0 Å². The molecule has 0 saturated carbocycles. The van der Waals surface area contributed by atoms with Crippen LogP contribution in [-0.4, -0.2) is 30.4 Å². The van der Waals surface area contributed by atoms with E-state index < -0.39 is 0 Å². The van der Waals surface area contributed by atoms with Gasteiger partial charge in [-0.3, -0.25) is 4.79 Å². The van der Waals surface area contributed by atoms with Gasteiger partial charge in [-0.2, -0.15) is 0 Å². The minimum Gasteiger partial charge on any atom is -0.384 e. The van der Waals surface area contributed by atoms with Crippen LogP contribution >= 0.6 is 0 Å². The van der Waals surface area contributed by atoms with Crippen molar-refractivity contribution >= 4 is 11.6 Å². The Labute approximate surface area is 115 Å². The van der Waals surface area contributed by atoms with E-state index in [0.717, 1.165) is 38.9 Å². The van der Waals surface area contributed by atoms with Crippen LogP contribution in [0, 0.1) is 0 Å². The van der Waals surface area contributed by atoms with E-state index in [1.807, 2.05) is 0 Å². The first-order valence-corrected chi connectivity index (χ1v) is 7.36. The summed E-state index contributed by atoms with van der Waals surface area (Å²) >= 11 is 0. The Kier molecular flexibility index (Phi) is 3.21. The number of piperidine rings is 1. The molecule has 0 aromatic heterocycles. The summed E-state index contributed by atoms with van der Waals surface area (Å²) in [6.45, 7) is 4.92. The van der Waals surface area contributed by atoms with E-state index in [-0.39, 0.29) is 5.41 Å². The lowest BCUT2D eigenvalue weighted by Gasteiger charge is -2.39. The smallest absolute Gasteiger partial charge is 0.222 e. The van der Waals surface area contributed by atoms with E-state index in [9.17, 15) is 4.79 Å². The van der Waals surface area contributed by atoms with Crippen molar-refractivity contribution in [3.8, 4) is 0 Å². The lowest BCUT2D eigenvalue weighted by Crippen LogP contribution is -2.46. The van der Waals surface area contributed by atoms with E-state index >= 15 is 0 Å². The minimum atomic E-state index is 0.263. The second-order valence-corrected chi connectivity index (χ2v) is 5.81. The Balaban J connectivity index is 1.72. The van der Waals surface area contributed by atoms with Gasteiger partial charge in [-0.1, -0.05) is 25.1 Å². The number of anilines is 1. The van der Waals surface area contributed by atoms with Crippen LogP contribution < -0.4 is 5.32 Å². The van der Waals surface area contributed by atoms with Gasteiger partial charge in [0.1, 0.15) is 0 Å². The van der Waals surface area contributed by atoms with Gasteiger partial charge in [0, 0.05) is 37.2 Å². The van der Waals surface area contributed by atoms with Gasteiger partial charge in [-0.25, -0.2) is 0 Å².